The van der Waals surface area contributed by atoms with Crippen molar-refractivity contribution in [1.82, 2.24) is 9.97 Å². The van der Waals surface area contributed by atoms with Gasteiger partial charge in [-0.15, -0.1) is 0 Å². The molecule has 1 unspecified atom stereocenters. The zero-order chi connectivity index (χ0) is 13.8. The van der Waals surface area contributed by atoms with Gasteiger partial charge < -0.3 is 16.0 Å². The van der Waals surface area contributed by atoms with Crippen molar-refractivity contribution in [2.75, 3.05) is 11.9 Å². The van der Waals surface area contributed by atoms with Crippen LogP contribution in [0.1, 0.15) is 51.3 Å². The number of rotatable bonds is 5. The van der Waals surface area contributed by atoms with E-state index < -0.39 is 0 Å². The molecule has 1 atom stereocenters. The van der Waals surface area contributed by atoms with Crippen LogP contribution in [0.5, 0.6) is 0 Å². The van der Waals surface area contributed by atoms with Gasteiger partial charge in [0.15, 0.2) is 0 Å². The quantitative estimate of drug-likeness (QED) is 0.757. The summed E-state index contributed by atoms with van der Waals surface area (Å²) < 4.78 is 0. The highest BCUT2D eigenvalue weighted by atomic mass is 16.1. The van der Waals surface area contributed by atoms with E-state index in [9.17, 15) is 4.79 Å². The Kier molecular flexibility index (Phi) is 4.58. The largest absolute Gasteiger partial charge is 0.366 e. The molecule has 1 aromatic rings. The van der Waals surface area contributed by atoms with Crippen molar-refractivity contribution in [3.63, 3.8) is 0 Å². The van der Waals surface area contributed by atoms with Crippen molar-refractivity contribution < 1.29 is 0 Å². The second-order valence-corrected chi connectivity index (χ2v) is 5.70. The van der Waals surface area contributed by atoms with Gasteiger partial charge in [0, 0.05) is 24.6 Å². The number of nitrogens with one attached hydrogen (secondary N) is 2. The first-order valence-electron chi connectivity index (χ1n) is 7.18. The summed E-state index contributed by atoms with van der Waals surface area (Å²) in [6, 6.07) is 1.74. The first-order valence-corrected chi connectivity index (χ1v) is 7.18. The Hall–Kier alpha value is -1.36. The summed E-state index contributed by atoms with van der Waals surface area (Å²) in [7, 11) is 0. The summed E-state index contributed by atoms with van der Waals surface area (Å²) >= 11 is 0. The van der Waals surface area contributed by atoms with Gasteiger partial charge in [0.1, 0.15) is 11.6 Å². The SMILES string of the molecule is CC(C)c1nc(NC(CN)C2CCCC2)cc(=O)[nH]1. The average Bonchev–Trinajstić information content (AvgIpc) is 2.89. The number of hydrogen-bond donors (Lipinski definition) is 3. The molecule has 1 heterocycles. The lowest BCUT2D eigenvalue weighted by Crippen LogP contribution is -2.36. The van der Waals surface area contributed by atoms with Crippen molar-refractivity contribution >= 4 is 5.82 Å². The molecule has 0 aromatic carbocycles. The lowest BCUT2D eigenvalue weighted by Gasteiger charge is -2.23. The molecule has 1 aliphatic rings. The Morgan fingerprint density at radius 2 is 2.16 bits per heavy atom. The smallest absolute Gasteiger partial charge is 0.252 e. The normalized spacial score (nSPS) is 17.9. The van der Waals surface area contributed by atoms with E-state index in [4.69, 9.17) is 5.73 Å². The number of nitrogens with two attached hydrogens (primary N) is 1. The summed E-state index contributed by atoms with van der Waals surface area (Å²) in [6.07, 6.45) is 5.00. The van der Waals surface area contributed by atoms with Gasteiger partial charge >= 0.3 is 0 Å². The van der Waals surface area contributed by atoms with Crippen molar-refractivity contribution in [3.05, 3.63) is 22.2 Å². The predicted octanol–water partition coefficient (Wildman–Crippen LogP) is 1.82. The third-order valence-electron chi connectivity index (χ3n) is 3.86. The molecule has 5 heteroatoms. The molecule has 19 heavy (non-hydrogen) atoms. The van der Waals surface area contributed by atoms with E-state index in [0.717, 1.165) is 5.82 Å². The fourth-order valence-corrected chi connectivity index (χ4v) is 2.74. The number of aromatic amines is 1. The molecule has 2 rings (SSSR count). The number of H-pyrrole nitrogens is 1. The lowest BCUT2D eigenvalue weighted by molar-refractivity contribution is 0.461. The summed E-state index contributed by atoms with van der Waals surface area (Å²) in [5.74, 6) is 2.18. The zero-order valence-electron chi connectivity index (χ0n) is 11.8. The first kappa shape index (κ1) is 14.1. The van der Waals surface area contributed by atoms with Gasteiger partial charge in [-0.05, 0) is 18.8 Å². The van der Waals surface area contributed by atoms with E-state index in [1.54, 1.807) is 0 Å². The summed E-state index contributed by atoms with van der Waals surface area (Å²) in [6.45, 7) is 4.61. The molecule has 0 amide bonds. The van der Waals surface area contributed by atoms with Crippen molar-refractivity contribution in [3.8, 4) is 0 Å². The molecular formula is C14H24N4O. The average molecular weight is 264 g/mol. The van der Waals surface area contributed by atoms with E-state index in [0.29, 0.717) is 18.3 Å². The number of anilines is 1. The maximum Gasteiger partial charge on any atom is 0.252 e. The summed E-state index contributed by atoms with van der Waals surface area (Å²) in [4.78, 5) is 18.9. The first-order chi connectivity index (χ1) is 9.10. The van der Waals surface area contributed by atoms with E-state index in [1.165, 1.54) is 31.7 Å². The van der Waals surface area contributed by atoms with Crippen LogP contribution in [0, 0.1) is 5.92 Å². The molecule has 0 aliphatic heterocycles. The molecule has 1 aliphatic carbocycles. The van der Waals surface area contributed by atoms with Crippen LogP contribution in [0.15, 0.2) is 10.9 Å². The maximum absolute atomic E-state index is 11.6. The minimum atomic E-state index is -0.108. The van der Waals surface area contributed by atoms with Crippen LogP contribution in [-0.2, 0) is 0 Å². The fraction of sp³-hybridized carbons (Fsp3) is 0.714. The van der Waals surface area contributed by atoms with Gasteiger partial charge in [0.2, 0.25) is 0 Å². The molecule has 0 saturated heterocycles. The molecule has 5 nitrogen and oxygen atoms in total. The molecule has 1 saturated carbocycles. The van der Waals surface area contributed by atoms with Gasteiger partial charge in [-0.3, -0.25) is 4.79 Å². The molecule has 4 N–H and O–H groups in total. The molecule has 1 aromatic heterocycles. The van der Waals surface area contributed by atoms with Crippen LogP contribution < -0.4 is 16.6 Å². The van der Waals surface area contributed by atoms with Crippen molar-refractivity contribution in [2.45, 2.75) is 51.5 Å². The van der Waals surface area contributed by atoms with Gasteiger partial charge in [-0.2, -0.15) is 0 Å². The van der Waals surface area contributed by atoms with Crippen molar-refractivity contribution in [2.24, 2.45) is 11.7 Å². The Morgan fingerprint density at radius 1 is 1.47 bits per heavy atom. The second kappa shape index (κ2) is 6.19. The lowest BCUT2D eigenvalue weighted by atomic mass is 9.98. The second-order valence-electron chi connectivity index (χ2n) is 5.70. The number of nitrogens with zero attached hydrogens (tertiary/aromatic N) is 1. The van der Waals surface area contributed by atoms with Crippen LogP contribution in [0.2, 0.25) is 0 Å². The topological polar surface area (TPSA) is 83.8 Å². The Bertz CT molecular complexity index is 463. The molecule has 0 bridgehead atoms. The third kappa shape index (κ3) is 3.56. The maximum atomic E-state index is 11.6. The highest BCUT2D eigenvalue weighted by Crippen LogP contribution is 2.28. The van der Waals surface area contributed by atoms with E-state index in [-0.39, 0.29) is 17.5 Å². The van der Waals surface area contributed by atoms with E-state index >= 15 is 0 Å². The Balaban J connectivity index is 2.14. The van der Waals surface area contributed by atoms with Crippen molar-refractivity contribution in [1.29, 1.82) is 0 Å². The standard InChI is InChI=1S/C14H24N4O/c1-9(2)14-17-12(7-13(19)18-14)16-11(8-15)10-5-3-4-6-10/h7,9-11H,3-6,8,15H2,1-2H3,(H2,16,17,18,19). The third-order valence-corrected chi connectivity index (χ3v) is 3.86. The van der Waals surface area contributed by atoms with Crippen LogP contribution >= 0.6 is 0 Å². The Morgan fingerprint density at radius 3 is 2.74 bits per heavy atom. The summed E-state index contributed by atoms with van der Waals surface area (Å²) in [5, 5.41) is 3.35. The van der Waals surface area contributed by atoms with Crippen LogP contribution in [-0.4, -0.2) is 22.6 Å². The predicted molar refractivity (Wildman–Crippen MR) is 77.4 cm³/mol. The fourth-order valence-electron chi connectivity index (χ4n) is 2.74. The van der Waals surface area contributed by atoms with E-state index in [2.05, 4.69) is 15.3 Å². The molecule has 1 fully saturated rings. The molecule has 0 radical (unpaired) electrons. The zero-order valence-corrected chi connectivity index (χ0v) is 11.8. The highest BCUT2D eigenvalue weighted by molar-refractivity contribution is 5.35. The minimum absolute atomic E-state index is 0.108. The number of aromatic nitrogens is 2. The summed E-state index contributed by atoms with van der Waals surface area (Å²) in [5.41, 5.74) is 5.75. The van der Waals surface area contributed by atoms with Crippen LogP contribution in [0.25, 0.3) is 0 Å². The monoisotopic (exact) mass is 264 g/mol. The van der Waals surface area contributed by atoms with Gasteiger partial charge in [0.25, 0.3) is 5.56 Å². The van der Waals surface area contributed by atoms with Crippen LogP contribution in [0.3, 0.4) is 0 Å². The minimum Gasteiger partial charge on any atom is -0.366 e. The molecular weight excluding hydrogens is 240 g/mol. The molecule has 0 spiro atoms. The van der Waals surface area contributed by atoms with Gasteiger partial charge in [-0.25, -0.2) is 4.98 Å². The van der Waals surface area contributed by atoms with Gasteiger partial charge in [-0.1, -0.05) is 26.7 Å². The van der Waals surface area contributed by atoms with Crippen LogP contribution in [0.4, 0.5) is 5.82 Å². The van der Waals surface area contributed by atoms with E-state index in [1.807, 2.05) is 13.8 Å². The number of hydrogen-bond acceptors (Lipinski definition) is 4. The Labute approximate surface area is 114 Å². The highest BCUT2D eigenvalue weighted by Gasteiger charge is 2.24. The molecule has 106 valence electrons. The van der Waals surface area contributed by atoms with Gasteiger partial charge in [0.05, 0.1) is 0 Å².